The van der Waals surface area contributed by atoms with Gasteiger partial charge >= 0.3 is 12.3 Å². The van der Waals surface area contributed by atoms with E-state index in [-0.39, 0.29) is 17.9 Å². The Labute approximate surface area is 223 Å². The molecule has 2 saturated carbocycles. The van der Waals surface area contributed by atoms with Crippen LogP contribution in [-0.4, -0.2) is 59.6 Å². The van der Waals surface area contributed by atoms with Gasteiger partial charge in [0.05, 0.1) is 12.1 Å². The highest BCUT2D eigenvalue weighted by atomic mass is 19.4. The first kappa shape index (κ1) is 27.3. The molecule has 2 aliphatic heterocycles. The second kappa shape index (κ2) is 11.4. The Hall–Kier alpha value is -2.29. The van der Waals surface area contributed by atoms with E-state index in [9.17, 15) is 22.8 Å². The molecule has 38 heavy (non-hydrogen) atoms. The van der Waals surface area contributed by atoms with Crippen molar-refractivity contribution in [1.29, 1.82) is 0 Å². The van der Waals surface area contributed by atoms with E-state index in [2.05, 4.69) is 10.2 Å². The van der Waals surface area contributed by atoms with E-state index >= 15 is 0 Å². The van der Waals surface area contributed by atoms with Crippen molar-refractivity contribution in [3.8, 4) is 0 Å². The van der Waals surface area contributed by atoms with Gasteiger partial charge in [-0.15, -0.1) is 0 Å². The highest BCUT2D eigenvalue weighted by molar-refractivity contribution is 5.79. The maximum Gasteiger partial charge on any atom is 0.416 e. The van der Waals surface area contributed by atoms with E-state index < -0.39 is 17.3 Å². The van der Waals surface area contributed by atoms with Crippen molar-refractivity contribution in [2.24, 2.45) is 11.8 Å². The fourth-order valence-electron chi connectivity index (χ4n) is 6.75. The Morgan fingerprint density at radius 2 is 1.63 bits per heavy atom. The van der Waals surface area contributed by atoms with Crippen LogP contribution in [0.2, 0.25) is 0 Å². The van der Waals surface area contributed by atoms with Crippen LogP contribution in [0.5, 0.6) is 0 Å². The number of rotatable bonds is 6. The summed E-state index contributed by atoms with van der Waals surface area (Å²) in [6.45, 7) is 3.35. The fraction of sp³-hybridized carbons (Fsp3) is 0.724. The molecule has 0 unspecified atom stereocenters. The normalized spacial score (nSPS) is 26.9. The largest absolute Gasteiger partial charge is 0.441 e. The van der Waals surface area contributed by atoms with Gasteiger partial charge in [0.1, 0.15) is 5.60 Å². The van der Waals surface area contributed by atoms with E-state index in [1.54, 1.807) is 12.1 Å². The minimum Gasteiger partial charge on any atom is -0.441 e. The SMILES string of the molecule is O=C1OC2(CCN(Cc3ccc(C(F)(F)F)cc3)CC2)CN1C[C@H]1CC[C@H](C(=O)NC2CCCCC2)CC1. The molecule has 210 valence electrons. The number of halogens is 3. The molecule has 5 rings (SSSR count). The molecule has 2 heterocycles. The van der Waals surface area contributed by atoms with E-state index in [1.807, 2.05) is 4.90 Å². The van der Waals surface area contributed by atoms with Gasteiger partial charge in [-0.1, -0.05) is 31.4 Å². The van der Waals surface area contributed by atoms with E-state index in [0.717, 1.165) is 82.2 Å². The molecule has 0 bridgehead atoms. The predicted octanol–water partition coefficient (Wildman–Crippen LogP) is 5.75. The van der Waals surface area contributed by atoms with Gasteiger partial charge in [-0.25, -0.2) is 4.79 Å². The van der Waals surface area contributed by atoms with Crippen molar-refractivity contribution in [3.05, 3.63) is 35.4 Å². The van der Waals surface area contributed by atoms with E-state index in [4.69, 9.17) is 4.74 Å². The third-order valence-corrected chi connectivity index (χ3v) is 9.14. The highest BCUT2D eigenvalue weighted by Crippen LogP contribution is 2.37. The molecule has 2 saturated heterocycles. The van der Waals surface area contributed by atoms with Gasteiger partial charge in [-0.05, 0) is 62.1 Å². The molecule has 0 atom stereocenters. The maximum absolute atomic E-state index is 12.8. The van der Waals surface area contributed by atoms with Gasteiger partial charge in [0.2, 0.25) is 5.91 Å². The summed E-state index contributed by atoms with van der Waals surface area (Å²) in [7, 11) is 0. The lowest BCUT2D eigenvalue weighted by Crippen LogP contribution is -2.47. The lowest BCUT2D eigenvalue weighted by Gasteiger charge is -2.37. The molecule has 1 N–H and O–H groups in total. The number of nitrogens with one attached hydrogen (secondary N) is 1. The second-order valence-corrected chi connectivity index (χ2v) is 12.0. The standard InChI is InChI=1S/C29H40F3N3O3/c30-29(31,32)24-12-8-21(9-13-24)18-34-16-14-28(15-17-34)20-35(27(37)38-28)19-22-6-10-23(11-7-22)26(36)33-25-4-2-1-3-5-25/h8-9,12-13,22-23,25H,1-7,10-11,14-20H2,(H,33,36)/t22-,23-. The monoisotopic (exact) mass is 535 g/mol. The second-order valence-electron chi connectivity index (χ2n) is 12.0. The smallest absolute Gasteiger partial charge is 0.416 e. The highest BCUT2D eigenvalue weighted by Gasteiger charge is 2.47. The number of amides is 2. The summed E-state index contributed by atoms with van der Waals surface area (Å²) in [6, 6.07) is 5.70. The van der Waals surface area contributed by atoms with Crippen LogP contribution < -0.4 is 5.32 Å². The van der Waals surface area contributed by atoms with E-state index in [1.165, 1.54) is 19.3 Å². The summed E-state index contributed by atoms with van der Waals surface area (Å²) in [6.07, 6.45) is 6.49. The third-order valence-electron chi connectivity index (χ3n) is 9.14. The van der Waals surface area contributed by atoms with Crippen molar-refractivity contribution < 1.29 is 27.5 Å². The minimum atomic E-state index is -4.32. The third kappa shape index (κ3) is 6.64. The maximum atomic E-state index is 12.8. The number of carbonyl (C=O) groups excluding carboxylic acids is 2. The fourth-order valence-corrected chi connectivity index (χ4v) is 6.75. The molecular weight excluding hydrogens is 495 g/mol. The van der Waals surface area contributed by atoms with Crippen LogP contribution in [0.25, 0.3) is 0 Å². The number of hydrogen-bond acceptors (Lipinski definition) is 4. The predicted molar refractivity (Wildman–Crippen MR) is 137 cm³/mol. The Bertz CT molecular complexity index is 962. The molecule has 0 radical (unpaired) electrons. The number of likely N-dealkylation sites (tertiary alicyclic amines) is 1. The van der Waals surface area contributed by atoms with Crippen LogP contribution in [0.3, 0.4) is 0 Å². The van der Waals surface area contributed by atoms with Gasteiger partial charge in [0.15, 0.2) is 0 Å². The van der Waals surface area contributed by atoms with Gasteiger partial charge in [0, 0.05) is 51.0 Å². The van der Waals surface area contributed by atoms with Crippen molar-refractivity contribution in [3.63, 3.8) is 0 Å². The summed E-state index contributed by atoms with van der Waals surface area (Å²) in [5.74, 6) is 0.716. The zero-order valence-electron chi connectivity index (χ0n) is 22.1. The molecule has 1 spiro atoms. The van der Waals surface area contributed by atoms with Crippen molar-refractivity contribution in [2.45, 2.75) is 95.0 Å². The lowest BCUT2D eigenvalue weighted by molar-refractivity contribution is -0.137. The quantitative estimate of drug-likeness (QED) is 0.504. The summed E-state index contributed by atoms with van der Waals surface area (Å²) in [5, 5.41) is 3.28. The number of benzene rings is 1. The summed E-state index contributed by atoms with van der Waals surface area (Å²) >= 11 is 0. The molecule has 9 heteroatoms. The zero-order valence-corrected chi connectivity index (χ0v) is 22.1. The van der Waals surface area contributed by atoms with Gasteiger partial charge < -0.3 is 15.0 Å². The summed E-state index contributed by atoms with van der Waals surface area (Å²) < 4.78 is 44.4. The molecule has 2 amide bonds. The molecule has 1 aromatic rings. The van der Waals surface area contributed by atoms with Crippen LogP contribution in [0, 0.1) is 11.8 Å². The Morgan fingerprint density at radius 1 is 0.974 bits per heavy atom. The van der Waals surface area contributed by atoms with Gasteiger partial charge in [-0.2, -0.15) is 13.2 Å². The van der Waals surface area contributed by atoms with Crippen LogP contribution in [-0.2, 0) is 22.3 Å². The molecule has 2 aliphatic carbocycles. The van der Waals surface area contributed by atoms with Crippen LogP contribution in [0.1, 0.15) is 81.8 Å². The lowest BCUT2D eigenvalue weighted by atomic mass is 9.81. The average Bonchev–Trinajstić information content (AvgIpc) is 3.20. The van der Waals surface area contributed by atoms with Crippen LogP contribution in [0.15, 0.2) is 24.3 Å². The Balaban J connectivity index is 1.04. The van der Waals surface area contributed by atoms with Crippen LogP contribution in [0.4, 0.5) is 18.0 Å². The molecule has 6 nitrogen and oxygen atoms in total. The van der Waals surface area contributed by atoms with E-state index in [0.29, 0.717) is 31.6 Å². The first-order valence-electron chi connectivity index (χ1n) is 14.4. The molecule has 4 aliphatic rings. The van der Waals surface area contributed by atoms with Crippen molar-refractivity contribution in [2.75, 3.05) is 26.2 Å². The van der Waals surface area contributed by atoms with Crippen molar-refractivity contribution in [1.82, 2.24) is 15.1 Å². The Morgan fingerprint density at radius 3 is 2.26 bits per heavy atom. The number of nitrogens with zero attached hydrogens (tertiary/aromatic N) is 2. The minimum absolute atomic E-state index is 0.0963. The number of ether oxygens (including phenoxy) is 1. The number of piperidine rings is 1. The molecule has 0 aromatic heterocycles. The summed E-state index contributed by atoms with van der Waals surface area (Å²) in [4.78, 5) is 29.5. The zero-order chi connectivity index (χ0) is 26.8. The van der Waals surface area contributed by atoms with Gasteiger partial charge in [0.25, 0.3) is 0 Å². The number of hydrogen-bond donors (Lipinski definition) is 1. The number of carbonyl (C=O) groups is 2. The topological polar surface area (TPSA) is 61.9 Å². The number of alkyl halides is 3. The van der Waals surface area contributed by atoms with Gasteiger partial charge in [-0.3, -0.25) is 9.69 Å². The molecule has 1 aromatic carbocycles. The Kier molecular flexibility index (Phi) is 8.22. The van der Waals surface area contributed by atoms with Crippen molar-refractivity contribution >= 4 is 12.0 Å². The first-order valence-corrected chi connectivity index (χ1v) is 14.4. The molecular formula is C29H40F3N3O3. The summed E-state index contributed by atoms with van der Waals surface area (Å²) in [5.41, 5.74) is -0.250. The van der Waals surface area contributed by atoms with Crippen LogP contribution >= 0.6 is 0 Å². The average molecular weight is 536 g/mol. The first-order chi connectivity index (χ1) is 18.2. The molecule has 4 fully saturated rings.